The van der Waals surface area contributed by atoms with E-state index < -0.39 is 21.7 Å². The summed E-state index contributed by atoms with van der Waals surface area (Å²) in [7, 11) is -2.70. The molecule has 32 heavy (non-hydrogen) atoms. The Morgan fingerprint density at radius 2 is 1.62 bits per heavy atom. The number of carbonyl (C=O) groups is 2. The molecular formula is C22H20FN3O5S. The molecule has 0 saturated heterocycles. The van der Waals surface area contributed by atoms with Crippen LogP contribution < -0.4 is 20.1 Å². The zero-order valence-electron chi connectivity index (χ0n) is 17.2. The van der Waals surface area contributed by atoms with Crippen LogP contribution in [0.3, 0.4) is 0 Å². The first-order valence-corrected chi connectivity index (χ1v) is 10.8. The Bertz CT molecular complexity index is 1280. The molecule has 3 aromatic rings. The van der Waals surface area contributed by atoms with Crippen molar-refractivity contribution in [3.63, 3.8) is 0 Å². The van der Waals surface area contributed by atoms with Crippen LogP contribution in [0, 0.1) is 5.82 Å². The van der Waals surface area contributed by atoms with E-state index in [1.807, 2.05) is 0 Å². The molecule has 0 unspecified atom stereocenters. The van der Waals surface area contributed by atoms with Crippen LogP contribution in [0.2, 0.25) is 0 Å². The molecule has 0 aliphatic rings. The Balaban J connectivity index is 1.89. The topological polar surface area (TPSA) is 114 Å². The maximum Gasteiger partial charge on any atom is 0.261 e. The number of rotatable bonds is 7. The summed E-state index contributed by atoms with van der Waals surface area (Å²) >= 11 is 0. The molecular weight excluding hydrogens is 437 g/mol. The molecule has 0 aliphatic heterocycles. The number of carbonyl (C=O) groups excluding carboxylic acids is 2. The highest BCUT2D eigenvalue weighted by Gasteiger charge is 2.19. The Kier molecular flexibility index (Phi) is 6.74. The van der Waals surface area contributed by atoms with Crippen LogP contribution >= 0.6 is 0 Å². The van der Waals surface area contributed by atoms with Gasteiger partial charge >= 0.3 is 0 Å². The maximum atomic E-state index is 13.9. The lowest BCUT2D eigenvalue weighted by Crippen LogP contribution is -2.16. The highest BCUT2D eigenvalue weighted by Crippen LogP contribution is 2.29. The molecule has 0 radical (unpaired) electrons. The fourth-order valence-corrected chi connectivity index (χ4v) is 3.94. The summed E-state index contributed by atoms with van der Waals surface area (Å²) < 4.78 is 47.3. The second kappa shape index (κ2) is 9.48. The van der Waals surface area contributed by atoms with Gasteiger partial charge in [-0.25, -0.2) is 12.8 Å². The maximum absolute atomic E-state index is 13.9. The van der Waals surface area contributed by atoms with Crippen LogP contribution in [0.1, 0.15) is 17.3 Å². The molecule has 0 aliphatic carbocycles. The van der Waals surface area contributed by atoms with Gasteiger partial charge in [-0.15, -0.1) is 0 Å². The fourth-order valence-electron chi connectivity index (χ4n) is 2.86. The first-order valence-electron chi connectivity index (χ1n) is 9.34. The van der Waals surface area contributed by atoms with Crippen LogP contribution in [0.25, 0.3) is 0 Å². The molecule has 0 aromatic heterocycles. The largest absolute Gasteiger partial charge is 0.495 e. The Labute approximate surface area is 184 Å². The average molecular weight is 457 g/mol. The summed E-state index contributed by atoms with van der Waals surface area (Å²) in [6.45, 7) is 1.34. The summed E-state index contributed by atoms with van der Waals surface area (Å²) in [5.74, 6) is -1.57. The minimum Gasteiger partial charge on any atom is -0.495 e. The number of hydrogen-bond acceptors (Lipinski definition) is 5. The number of sulfonamides is 1. The molecule has 0 atom stereocenters. The average Bonchev–Trinajstić information content (AvgIpc) is 2.73. The number of anilines is 3. The first kappa shape index (κ1) is 22.8. The van der Waals surface area contributed by atoms with Crippen LogP contribution in [0.5, 0.6) is 5.75 Å². The highest BCUT2D eigenvalue weighted by atomic mass is 32.2. The minimum atomic E-state index is -4.06. The van der Waals surface area contributed by atoms with Crippen molar-refractivity contribution in [3.05, 3.63) is 78.1 Å². The third-order valence-corrected chi connectivity index (χ3v) is 5.66. The third kappa shape index (κ3) is 5.41. The van der Waals surface area contributed by atoms with E-state index >= 15 is 0 Å². The molecule has 0 spiro atoms. The molecule has 3 N–H and O–H groups in total. The highest BCUT2D eigenvalue weighted by molar-refractivity contribution is 7.92. The van der Waals surface area contributed by atoms with E-state index in [9.17, 15) is 22.4 Å². The van der Waals surface area contributed by atoms with E-state index in [-0.39, 0.29) is 33.5 Å². The smallest absolute Gasteiger partial charge is 0.261 e. The van der Waals surface area contributed by atoms with E-state index in [2.05, 4.69) is 15.4 Å². The monoisotopic (exact) mass is 457 g/mol. The van der Waals surface area contributed by atoms with Crippen LogP contribution in [0.4, 0.5) is 21.5 Å². The fraction of sp³-hybridized carbons (Fsp3) is 0.0909. The molecule has 2 amide bonds. The molecule has 0 bridgehead atoms. The van der Waals surface area contributed by atoms with Gasteiger partial charge in [0.25, 0.3) is 15.9 Å². The van der Waals surface area contributed by atoms with Crippen molar-refractivity contribution >= 4 is 38.9 Å². The molecule has 166 valence electrons. The summed E-state index contributed by atoms with van der Waals surface area (Å²) in [5.41, 5.74) is 0.501. The van der Waals surface area contributed by atoms with E-state index in [1.165, 1.54) is 62.6 Å². The molecule has 3 rings (SSSR count). The number of halogens is 1. The van der Waals surface area contributed by atoms with Crippen molar-refractivity contribution in [2.24, 2.45) is 0 Å². The lowest BCUT2D eigenvalue weighted by Gasteiger charge is -2.14. The number of benzene rings is 3. The summed E-state index contributed by atoms with van der Waals surface area (Å²) in [4.78, 5) is 23.5. The quantitative estimate of drug-likeness (QED) is 0.499. The molecule has 0 fully saturated rings. The number of nitrogens with one attached hydrogen (secondary N) is 3. The van der Waals surface area contributed by atoms with Crippen molar-refractivity contribution in [2.75, 3.05) is 22.5 Å². The Morgan fingerprint density at radius 1 is 0.906 bits per heavy atom. The van der Waals surface area contributed by atoms with Crippen LogP contribution in [-0.2, 0) is 14.8 Å². The van der Waals surface area contributed by atoms with Gasteiger partial charge in [0.05, 0.1) is 28.9 Å². The number of methoxy groups -OCH3 is 1. The minimum absolute atomic E-state index is 0.0515. The summed E-state index contributed by atoms with van der Waals surface area (Å²) in [5, 5.41) is 5.05. The molecule has 8 nitrogen and oxygen atoms in total. The molecule has 0 saturated carbocycles. The van der Waals surface area contributed by atoms with Gasteiger partial charge in [-0.05, 0) is 48.5 Å². The SMILES string of the molecule is COc1ccc(S(=O)(=O)Nc2cccc(NC(C)=O)c2)cc1NC(=O)c1ccccc1F. The third-order valence-electron chi connectivity index (χ3n) is 4.28. The van der Waals surface area contributed by atoms with Crippen molar-refractivity contribution in [3.8, 4) is 5.75 Å². The van der Waals surface area contributed by atoms with Gasteiger partial charge < -0.3 is 15.4 Å². The predicted molar refractivity (Wildman–Crippen MR) is 119 cm³/mol. The standard InChI is InChI=1S/C22H20FN3O5S/c1-14(27)24-15-6-5-7-16(12-15)26-32(29,30)17-10-11-21(31-2)20(13-17)25-22(28)18-8-3-4-9-19(18)23/h3-13,26H,1-2H3,(H,24,27)(H,25,28). The number of ether oxygens (including phenoxy) is 1. The van der Waals surface area contributed by atoms with Gasteiger partial charge in [0.1, 0.15) is 11.6 Å². The zero-order chi connectivity index (χ0) is 23.3. The van der Waals surface area contributed by atoms with E-state index in [0.717, 1.165) is 6.07 Å². The molecule has 3 aromatic carbocycles. The Hall–Kier alpha value is -3.92. The normalized spacial score (nSPS) is 10.8. The van der Waals surface area contributed by atoms with Gasteiger partial charge in [-0.2, -0.15) is 0 Å². The van der Waals surface area contributed by atoms with Crippen molar-refractivity contribution in [1.29, 1.82) is 0 Å². The van der Waals surface area contributed by atoms with Crippen LogP contribution in [-0.4, -0.2) is 27.3 Å². The van der Waals surface area contributed by atoms with Gasteiger partial charge in [0, 0.05) is 12.6 Å². The lowest BCUT2D eigenvalue weighted by atomic mass is 10.2. The molecule has 0 heterocycles. The van der Waals surface area contributed by atoms with Crippen molar-refractivity contribution < 1.29 is 27.1 Å². The van der Waals surface area contributed by atoms with E-state index in [0.29, 0.717) is 5.69 Å². The number of amides is 2. The predicted octanol–water partition coefficient (Wildman–Crippen LogP) is 3.85. The second-order valence-corrected chi connectivity index (χ2v) is 8.35. The van der Waals surface area contributed by atoms with Gasteiger partial charge in [-0.3, -0.25) is 14.3 Å². The Morgan fingerprint density at radius 3 is 2.31 bits per heavy atom. The van der Waals surface area contributed by atoms with E-state index in [4.69, 9.17) is 4.74 Å². The van der Waals surface area contributed by atoms with Gasteiger partial charge in [-0.1, -0.05) is 18.2 Å². The van der Waals surface area contributed by atoms with Crippen LogP contribution in [0.15, 0.2) is 71.6 Å². The first-order chi connectivity index (χ1) is 15.2. The second-order valence-electron chi connectivity index (χ2n) is 6.66. The number of hydrogen-bond donors (Lipinski definition) is 3. The van der Waals surface area contributed by atoms with Gasteiger partial charge in [0.2, 0.25) is 5.91 Å². The zero-order valence-corrected chi connectivity index (χ0v) is 18.0. The van der Waals surface area contributed by atoms with Crippen molar-refractivity contribution in [1.82, 2.24) is 0 Å². The summed E-state index contributed by atoms with van der Waals surface area (Å²) in [6, 6.07) is 15.5. The summed E-state index contributed by atoms with van der Waals surface area (Å²) in [6.07, 6.45) is 0. The lowest BCUT2D eigenvalue weighted by molar-refractivity contribution is -0.114. The van der Waals surface area contributed by atoms with E-state index in [1.54, 1.807) is 12.1 Å². The van der Waals surface area contributed by atoms with Gasteiger partial charge in [0.15, 0.2) is 0 Å². The molecule has 10 heteroatoms. The van der Waals surface area contributed by atoms with Crippen molar-refractivity contribution in [2.45, 2.75) is 11.8 Å².